The van der Waals surface area contributed by atoms with Crippen molar-refractivity contribution in [1.29, 1.82) is 0 Å². The minimum atomic E-state index is -0.916. The Hall–Kier alpha value is -3.95. The van der Waals surface area contributed by atoms with E-state index in [4.69, 9.17) is 10.5 Å². The van der Waals surface area contributed by atoms with Crippen molar-refractivity contribution in [3.8, 4) is 0 Å². The van der Waals surface area contributed by atoms with Gasteiger partial charge in [0.05, 0.1) is 21.9 Å². The average molecular weight is 370 g/mol. The van der Waals surface area contributed by atoms with Crippen LogP contribution in [0.2, 0.25) is 0 Å². The number of fused-ring (bicyclic) bond motifs is 1. The first-order chi connectivity index (χ1) is 12.9. The lowest BCUT2D eigenvalue weighted by Gasteiger charge is -2.28. The predicted molar refractivity (Wildman–Crippen MR) is 95.2 cm³/mol. The third kappa shape index (κ3) is 3.68. The van der Waals surface area contributed by atoms with Crippen LogP contribution in [0.5, 0.6) is 0 Å². The summed E-state index contributed by atoms with van der Waals surface area (Å²) in [5.74, 6) is -1.89. The zero-order chi connectivity index (χ0) is 19.6. The molecule has 138 valence electrons. The molecule has 10 heteroatoms. The maximum atomic E-state index is 12.4. The summed E-state index contributed by atoms with van der Waals surface area (Å²) >= 11 is 0. The van der Waals surface area contributed by atoms with Gasteiger partial charge in [-0.05, 0) is 24.3 Å². The Labute approximate surface area is 152 Å². The fourth-order valence-electron chi connectivity index (χ4n) is 2.57. The highest BCUT2D eigenvalue weighted by Crippen LogP contribution is 2.29. The largest absolute Gasteiger partial charge is 0.452 e. The summed E-state index contributed by atoms with van der Waals surface area (Å²) in [5, 5.41) is 13.5. The van der Waals surface area contributed by atoms with Crippen LogP contribution in [0.3, 0.4) is 0 Å². The monoisotopic (exact) mass is 370 g/mol. The number of benzene rings is 2. The highest BCUT2D eigenvalue weighted by Gasteiger charge is 2.27. The first-order valence-electron chi connectivity index (χ1n) is 7.77. The van der Waals surface area contributed by atoms with E-state index < -0.39 is 29.1 Å². The molecule has 0 atom stereocenters. The van der Waals surface area contributed by atoms with E-state index in [-0.39, 0.29) is 23.7 Å². The number of nitrogens with one attached hydrogen (secondary N) is 1. The van der Waals surface area contributed by atoms with Crippen LogP contribution in [0, 0.1) is 10.1 Å². The molecule has 0 aromatic heterocycles. The number of hydrogen-bond donors (Lipinski definition) is 2. The van der Waals surface area contributed by atoms with Gasteiger partial charge in [-0.3, -0.25) is 24.6 Å². The molecule has 3 N–H and O–H groups in total. The molecule has 1 heterocycles. The summed E-state index contributed by atoms with van der Waals surface area (Å²) in [5.41, 5.74) is 5.80. The molecule has 0 saturated heterocycles. The molecule has 1 aliphatic heterocycles. The van der Waals surface area contributed by atoms with E-state index >= 15 is 0 Å². The molecule has 0 bridgehead atoms. The Morgan fingerprint density at radius 3 is 2.74 bits per heavy atom. The lowest BCUT2D eigenvalue weighted by atomic mass is 10.2. The summed E-state index contributed by atoms with van der Waals surface area (Å²) in [7, 11) is 0. The van der Waals surface area contributed by atoms with E-state index in [9.17, 15) is 24.5 Å². The zero-order valence-electron chi connectivity index (χ0n) is 13.9. The summed E-state index contributed by atoms with van der Waals surface area (Å²) in [6.45, 7) is -0.834. The number of esters is 1. The van der Waals surface area contributed by atoms with Gasteiger partial charge in [0, 0.05) is 6.07 Å². The van der Waals surface area contributed by atoms with Crippen molar-refractivity contribution in [1.82, 2.24) is 0 Å². The van der Waals surface area contributed by atoms with Crippen molar-refractivity contribution >= 4 is 40.5 Å². The third-order valence-corrected chi connectivity index (χ3v) is 3.86. The first kappa shape index (κ1) is 17.9. The number of nitrogens with zero attached hydrogens (tertiary/aromatic N) is 2. The fourth-order valence-corrected chi connectivity index (χ4v) is 2.57. The number of carbonyl (C=O) groups is 3. The van der Waals surface area contributed by atoms with Crippen LogP contribution in [-0.2, 0) is 14.3 Å². The second kappa shape index (κ2) is 7.12. The molecular formula is C17H14N4O6. The van der Waals surface area contributed by atoms with Gasteiger partial charge in [-0.1, -0.05) is 12.1 Å². The second-order valence-corrected chi connectivity index (χ2v) is 5.65. The van der Waals surface area contributed by atoms with E-state index in [2.05, 4.69) is 5.32 Å². The Bertz CT molecular complexity index is 958. The van der Waals surface area contributed by atoms with Crippen LogP contribution >= 0.6 is 0 Å². The van der Waals surface area contributed by atoms with Crippen LogP contribution < -0.4 is 16.0 Å². The maximum absolute atomic E-state index is 12.4. The predicted octanol–water partition coefficient (Wildman–Crippen LogP) is 1.32. The van der Waals surface area contributed by atoms with Gasteiger partial charge >= 0.3 is 5.97 Å². The molecular weight excluding hydrogens is 356 g/mol. The van der Waals surface area contributed by atoms with Gasteiger partial charge in [-0.15, -0.1) is 0 Å². The van der Waals surface area contributed by atoms with Gasteiger partial charge in [-0.25, -0.2) is 4.79 Å². The lowest BCUT2D eigenvalue weighted by Crippen LogP contribution is -2.44. The molecule has 0 radical (unpaired) electrons. The van der Waals surface area contributed by atoms with Crippen molar-refractivity contribution in [3.05, 3.63) is 58.1 Å². The Morgan fingerprint density at radius 2 is 2.00 bits per heavy atom. The number of nitro benzene ring substituents is 1. The second-order valence-electron chi connectivity index (χ2n) is 5.65. The SMILES string of the molecule is Nc1ccc(C(=O)OCC(=O)N2CC(=O)Nc3ccccc32)cc1[N+](=O)[O-]. The van der Waals surface area contributed by atoms with Crippen molar-refractivity contribution in [2.24, 2.45) is 0 Å². The Balaban J connectivity index is 1.71. The highest BCUT2D eigenvalue weighted by atomic mass is 16.6. The van der Waals surface area contributed by atoms with Gasteiger partial charge in [0.25, 0.3) is 11.6 Å². The number of nitrogen functional groups attached to an aromatic ring is 1. The van der Waals surface area contributed by atoms with Gasteiger partial charge < -0.3 is 15.8 Å². The molecule has 2 aromatic carbocycles. The fraction of sp³-hybridized carbons (Fsp3) is 0.118. The quantitative estimate of drug-likeness (QED) is 0.357. The van der Waals surface area contributed by atoms with Gasteiger partial charge in [0.15, 0.2) is 6.61 Å². The van der Waals surface area contributed by atoms with Gasteiger partial charge in [-0.2, -0.15) is 0 Å². The minimum absolute atomic E-state index is 0.0939. The average Bonchev–Trinajstić information content (AvgIpc) is 2.65. The summed E-state index contributed by atoms with van der Waals surface area (Å²) in [6, 6.07) is 10.2. The molecule has 27 heavy (non-hydrogen) atoms. The summed E-state index contributed by atoms with van der Waals surface area (Å²) in [6.07, 6.45) is 0. The number of rotatable bonds is 4. The van der Waals surface area contributed by atoms with Crippen molar-refractivity contribution in [3.63, 3.8) is 0 Å². The molecule has 0 spiro atoms. The van der Waals surface area contributed by atoms with Gasteiger partial charge in [0.2, 0.25) is 5.91 Å². The number of nitro groups is 1. The topological polar surface area (TPSA) is 145 Å². The molecule has 10 nitrogen and oxygen atoms in total. The molecule has 1 aliphatic rings. The normalized spacial score (nSPS) is 12.7. The van der Waals surface area contributed by atoms with Crippen molar-refractivity contribution in [2.75, 3.05) is 29.1 Å². The number of hydrogen-bond acceptors (Lipinski definition) is 7. The van der Waals surface area contributed by atoms with Crippen molar-refractivity contribution < 1.29 is 24.0 Å². The molecule has 2 amide bonds. The first-order valence-corrected chi connectivity index (χ1v) is 7.77. The minimum Gasteiger partial charge on any atom is -0.452 e. The van der Waals surface area contributed by atoms with Crippen LogP contribution in [-0.4, -0.2) is 35.9 Å². The summed E-state index contributed by atoms with van der Waals surface area (Å²) in [4.78, 5) is 47.6. The number of carbonyl (C=O) groups excluding carboxylic acids is 3. The molecule has 0 aliphatic carbocycles. The standard InChI is InChI=1S/C17H14N4O6/c18-11-6-5-10(7-14(11)21(25)26)17(24)27-9-16(23)20-8-15(22)19-12-3-1-2-4-13(12)20/h1-7H,8-9,18H2,(H,19,22). The smallest absolute Gasteiger partial charge is 0.338 e. The van der Waals surface area contributed by atoms with Crippen LogP contribution in [0.4, 0.5) is 22.7 Å². The Kier molecular flexibility index (Phi) is 4.71. The van der Waals surface area contributed by atoms with Crippen LogP contribution in [0.25, 0.3) is 0 Å². The van der Waals surface area contributed by atoms with Crippen LogP contribution in [0.1, 0.15) is 10.4 Å². The van der Waals surface area contributed by atoms with E-state index in [1.54, 1.807) is 24.3 Å². The van der Waals surface area contributed by atoms with E-state index in [0.717, 1.165) is 6.07 Å². The van der Waals surface area contributed by atoms with Gasteiger partial charge in [0.1, 0.15) is 12.2 Å². The van der Waals surface area contributed by atoms with E-state index in [1.165, 1.54) is 17.0 Å². The third-order valence-electron chi connectivity index (χ3n) is 3.86. The molecule has 0 saturated carbocycles. The number of nitrogens with two attached hydrogens (primary N) is 1. The van der Waals surface area contributed by atoms with E-state index in [0.29, 0.717) is 11.4 Å². The number of amides is 2. The number of anilines is 3. The molecule has 3 rings (SSSR count). The molecule has 2 aromatic rings. The molecule has 0 fully saturated rings. The Morgan fingerprint density at radius 1 is 1.26 bits per heavy atom. The lowest BCUT2D eigenvalue weighted by molar-refractivity contribution is -0.383. The van der Waals surface area contributed by atoms with E-state index in [1.807, 2.05) is 0 Å². The number of para-hydroxylation sites is 2. The zero-order valence-corrected chi connectivity index (χ0v) is 13.9. The van der Waals surface area contributed by atoms with Crippen LogP contribution in [0.15, 0.2) is 42.5 Å². The number of ether oxygens (including phenoxy) is 1. The highest BCUT2D eigenvalue weighted by molar-refractivity contribution is 6.10. The maximum Gasteiger partial charge on any atom is 0.338 e. The van der Waals surface area contributed by atoms with Crippen molar-refractivity contribution in [2.45, 2.75) is 0 Å². The molecule has 0 unspecified atom stereocenters. The summed E-state index contributed by atoms with van der Waals surface area (Å²) < 4.78 is 4.94.